The maximum Gasteiger partial charge on any atom is 0.490 e. The zero-order valence-electron chi connectivity index (χ0n) is 22.2. The number of halogens is 4. The minimum Gasteiger partial charge on any atom is -0.475 e. The van der Waals surface area contributed by atoms with Gasteiger partial charge >= 0.3 is 12.1 Å². The second-order valence-corrected chi connectivity index (χ2v) is 11.0. The van der Waals surface area contributed by atoms with Crippen molar-refractivity contribution >= 4 is 23.4 Å². The normalized spacial score (nSPS) is 21.7. The van der Waals surface area contributed by atoms with Gasteiger partial charge in [0.15, 0.2) is 0 Å². The average molecular weight is 555 g/mol. The Morgan fingerprint density at radius 2 is 1.74 bits per heavy atom. The van der Waals surface area contributed by atoms with E-state index in [0.717, 1.165) is 36.9 Å². The number of carboxylic acid groups (broad SMARTS) is 1. The summed E-state index contributed by atoms with van der Waals surface area (Å²) in [6.07, 6.45) is 0.341. The molecule has 2 saturated heterocycles. The lowest BCUT2D eigenvalue weighted by Gasteiger charge is -2.50. The lowest BCUT2D eigenvalue weighted by atomic mass is 9.93. The molecular formula is C28H38ClF3N4O2. The quantitative estimate of drug-likeness (QED) is 0.501. The molecule has 0 bridgehead atoms. The van der Waals surface area contributed by atoms with E-state index in [1.54, 1.807) is 0 Å². The Balaban J connectivity index is 0.000000505. The molecule has 0 spiro atoms. The molecule has 0 radical (unpaired) electrons. The van der Waals surface area contributed by atoms with Crippen LogP contribution in [-0.2, 0) is 11.2 Å². The number of piperidine rings is 1. The number of hydrogen-bond acceptors (Lipinski definition) is 5. The molecule has 210 valence electrons. The lowest BCUT2D eigenvalue weighted by molar-refractivity contribution is -0.192. The lowest BCUT2D eigenvalue weighted by Crippen LogP contribution is -2.62. The molecule has 38 heavy (non-hydrogen) atoms. The molecule has 0 unspecified atom stereocenters. The highest BCUT2D eigenvalue weighted by Crippen LogP contribution is 2.28. The molecule has 2 fully saturated rings. The summed E-state index contributed by atoms with van der Waals surface area (Å²) >= 11 is 6.14. The highest BCUT2D eigenvalue weighted by Gasteiger charge is 2.38. The van der Waals surface area contributed by atoms with Crippen LogP contribution in [0.15, 0.2) is 48.7 Å². The van der Waals surface area contributed by atoms with Gasteiger partial charge < -0.3 is 10.0 Å². The van der Waals surface area contributed by atoms with Gasteiger partial charge in [-0.15, -0.1) is 0 Å². The first-order valence-electron chi connectivity index (χ1n) is 13.1. The number of hydrogen-bond donors (Lipinski definition) is 1. The molecule has 10 heteroatoms. The molecule has 6 nitrogen and oxygen atoms in total. The smallest absolute Gasteiger partial charge is 0.475 e. The van der Waals surface area contributed by atoms with E-state index in [1.807, 2.05) is 24.4 Å². The largest absolute Gasteiger partial charge is 0.490 e. The second-order valence-electron chi connectivity index (χ2n) is 10.6. The van der Waals surface area contributed by atoms with Crippen LogP contribution in [0.25, 0.3) is 0 Å². The van der Waals surface area contributed by atoms with Crippen molar-refractivity contribution in [2.45, 2.75) is 64.3 Å². The molecular weight excluding hydrogens is 517 g/mol. The van der Waals surface area contributed by atoms with Crippen molar-refractivity contribution in [2.75, 3.05) is 37.6 Å². The fourth-order valence-electron chi connectivity index (χ4n) is 5.34. The monoisotopic (exact) mass is 554 g/mol. The van der Waals surface area contributed by atoms with Crippen molar-refractivity contribution in [3.8, 4) is 0 Å². The van der Waals surface area contributed by atoms with Crippen LogP contribution in [0.4, 0.5) is 19.0 Å². The van der Waals surface area contributed by atoms with Crippen LogP contribution in [0.3, 0.4) is 0 Å². The highest BCUT2D eigenvalue weighted by atomic mass is 35.5. The maximum atomic E-state index is 10.6. The maximum absolute atomic E-state index is 10.6. The van der Waals surface area contributed by atoms with E-state index in [9.17, 15) is 13.2 Å². The SMILES string of the molecule is CC(C)CN1C[C@H](Cc2ccc(Cl)cc2)N(C2CCN(c3ccccn3)CC2)C[C@@H]1C.O=C(O)C(F)(F)F. The van der Waals surface area contributed by atoms with E-state index in [2.05, 4.69) is 64.7 Å². The Morgan fingerprint density at radius 1 is 1.11 bits per heavy atom. The minimum absolute atomic E-state index is 0.558. The highest BCUT2D eigenvalue weighted by molar-refractivity contribution is 6.30. The fraction of sp³-hybridized carbons (Fsp3) is 0.571. The van der Waals surface area contributed by atoms with E-state index in [0.29, 0.717) is 24.0 Å². The Hall–Kier alpha value is -2.36. The third kappa shape index (κ3) is 8.85. The van der Waals surface area contributed by atoms with Crippen molar-refractivity contribution in [2.24, 2.45) is 5.92 Å². The number of carboxylic acids is 1. The predicted molar refractivity (Wildman–Crippen MR) is 145 cm³/mol. The number of aliphatic carboxylic acids is 1. The summed E-state index contributed by atoms with van der Waals surface area (Å²) in [6.45, 7) is 12.8. The van der Waals surface area contributed by atoms with Gasteiger partial charge in [-0.25, -0.2) is 9.78 Å². The number of benzene rings is 1. The van der Waals surface area contributed by atoms with E-state index in [1.165, 1.54) is 31.5 Å². The number of rotatable bonds is 6. The first-order valence-corrected chi connectivity index (χ1v) is 13.5. The summed E-state index contributed by atoms with van der Waals surface area (Å²) in [5.41, 5.74) is 1.39. The Labute approximate surface area is 228 Å². The van der Waals surface area contributed by atoms with Crippen LogP contribution in [0.5, 0.6) is 0 Å². The molecule has 1 aromatic heterocycles. The van der Waals surface area contributed by atoms with Gasteiger partial charge in [-0.05, 0) is 61.9 Å². The first-order chi connectivity index (χ1) is 17.9. The number of pyridine rings is 1. The van der Waals surface area contributed by atoms with Gasteiger partial charge in [-0.3, -0.25) is 9.80 Å². The zero-order valence-corrected chi connectivity index (χ0v) is 23.0. The van der Waals surface area contributed by atoms with Crippen molar-refractivity contribution < 1.29 is 23.1 Å². The molecule has 0 saturated carbocycles. The molecule has 2 atom stereocenters. The summed E-state index contributed by atoms with van der Waals surface area (Å²) in [7, 11) is 0. The van der Waals surface area contributed by atoms with Crippen molar-refractivity contribution in [3.05, 3.63) is 59.2 Å². The third-order valence-corrected chi connectivity index (χ3v) is 7.40. The van der Waals surface area contributed by atoms with Gasteiger partial charge in [0, 0.05) is 62.1 Å². The molecule has 0 aliphatic carbocycles. The molecule has 2 aliphatic rings. The van der Waals surface area contributed by atoms with Gasteiger partial charge in [0.05, 0.1) is 0 Å². The zero-order chi connectivity index (χ0) is 27.9. The van der Waals surface area contributed by atoms with Crippen LogP contribution in [0.1, 0.15) is 39.2 Å². The third-order valence-electron chi connectivity index (χ3n) is 7.15. The molecule has 1 N–H and O–H groups in total. The summed E-state index contributed by atoms with van der Waals surface area (Å²) in [5.74, 6) is -0.937. The number of piperazine rings is 1. The van der Waals surface area contributed by atoms with Crippen molar-refractivity contribution in [1.82, 2.24) is 14.8 Å². The summed E-state index contributed by atoms with van der Waals surface area (Å²) in [4.78, 5) is 21.5. The van der Waals surface area contributed by atoms with Crippen LogP contribution in [0.2, 0.25) is 5.02 Å². The van der Waals surface area contributed by atoms with Crippen molar-refractivity contribution in [3.63, 3.8) is 0 Å². The standard InChI is InChI=1S/C26H37ClN4.C2HF3O2/c1-20(2)17-30-19-25(16-22-7-9-23(27)10-8-22)31(18-21(30)3)24-11-14-29(15-12-24)26-6-4-5-13-28-26;3-2(4,5)1(6)7/h4-10,13,20-21,24-25H,11-12,14-19H2,1-3H3;(H,6,7)/t21-,25-;/m0./s1. The number of alkyl halides is 3. The second kappa shape index (κ2) is 13.6. The molecule has 4 rings (SSSR count). The van der Waals surface area contributed by atoms with E-state index < -0.39 is 12.1 Å². The topological polar surface area (TPSA) is 59.9 Å². The molecule has 1 aromatic carbocycles. The predicted octanol–water partition coefficient (Wildman–Crippen LogP) is 5.61. The average Bonchev–Trinajstić information content (AvgIpc) is 2.87. The summed E-state index contributed by atoms with van der Waals surface area (Å²) in [5, 5.41) is 7.95. The number of anilines is 1. The van der Waals surface area contributed by atoms with Crippen LogP contribution in [-0.4, -0.2) is 82.9 Å². The number of aromatic nitrogens is 1. The van der Waals surface area contributed by atoms with E-state index in [-0.39, 0.29) is 0 Å². The minimum atomic E-state index is -5.08. The van der Waals surface area contributed by atoms with Crippen molar-refractivity contribution in [1.29, 1.82) is 0 Å². The molecule has 2 aromatic rings. The van der Waals surface area contributed by atoms with E-state index >= 15 is 0 Å². The van der Waals surface area contributed by atoms with E-state index in [4.69, 9.17) is 21.5 Å². The summed E-state index contributed by atoms with van der Waals surface area (Å²) in [6, 6.07) is 16.5. The number of carbonyl (C=O) groups is 1. The van der Waals surface area contributed by atoms with Crippen LogP contribution < -0.4 is 4.90 Å². The first kappa shape index (κ1) is 30.2. The molecule has 0 amide bonds. The number of nitrogens with zero attached hydrogens (tertiary/aromatic N) is 4. The molecule has 3 heterocycles. The Bertz CT molecular complexity index is 999. The van der Waals surface area contributed by atoms with Crippen LogP contribution >= 0.6 is 11.6 Å². The Morgan fingerprint density at radius 3 is 2.26 bits per heavy atom. The van der Waals surface area contributed by atoms with Gasteiger partial charge in [-0.1, -0.05) is 43.6 Å². The van der Waals surface area contributed by atoms with Gasteiger partial charge in [0.2, 0.25) is 0 Å². The van der Waals surface area contributed by atoms with Crippen LogP contribution in [0, 0.1) is 5.92 Å². The van der Waals surface area contributed by atoms with Gasteiger partial charge in [0.1, 0.15) is 5.82 Å². The Kier molecular flexibility index (Phi) is 10.8. The fourth-order valence-corrected chi connectivity index (χ4v) is 5.46. The van der Waals surface area contributed by atoms with Gasteiger partial charge in [-0.2, -0.15) is 13.2 Å². The van der Waals surface area contributed by atoms with Gasteiger partial charge in [0.25, 0.3) is 0 Å². The summed E-state index contributed by atoms with van der Waals surface area (Å²) < 4.78 is 31.7. The molecule has 2 aliphatic heterocycles.